The molecule has 0 saturated heterocycles. The summed E-state index contributed by atoms with van der Waals surface area (Å²) in [6.45, 7) is 4.06. The largest absolute Gasteiger partial charge is 0.383 e. The molecule has 3 rings (SSSR count). The van der Waals surface area contributed by atoms with Crippen molar-refractivity contribution in [1.29, 1.82) is 0 Å². The standard InChI is InChI=1S/C11H11N3S2/c1-6-10(12)14-9(8-4-3-5-15-8)7(2)16-11(14)13-6/h3-5H,12H2,1-2H3. The molecule has 0 saturated carbocycles. The molecule has 0 atom stereocenters. The molecule has 82 valence electrons. The molecule has 2 N–H and O–H groups in total. The Labute approximate surface area is 101 Å². The Hall–Kier alpha value is -1.33. The van der Waals surface area contributed by atoms with E-state index in [4.69, 9.17) is 5.73 Å². The summed E-state index contributed by atoms with van der Waals surface area (Å²) in [5.74, 6) is 0.753. The lowest BCUT2D eigenvalue weighted by Gasteiger charge is -2.00. The Bertz CT molecular complexity index is 646. The lowest BCUT2D eigenvalue weighted by Crippen LogP contribution is -1.94. The SMILES string of the molecule is Cc1nc2sc(C)c(-c3cccs3)n2c1N. The maximum Gasteiger partial charge on any atom is 0.196 e. The number of hydrogen-bond acceptors (Lipinski definition) is 4. The lowest BCUT2D eigenvalue weighted by atomic mass is 10.3. The van der Waals surface area contributed by atoms with Crippen molar-refractivity contribution in [3.8, 4) is 10.6 Å². The molecule has 3 aromatic rings. The first-order valence-corrected chi connectivity index (χ1v) is 6.66. The van der Waals surface area contributed by atoms with Crippen molar-refractivity contribution in [3.05, 3.63) is 28.1 Å². The number of aromatic nitrogens is 2. The number of rotatable bonds is 1. The maximum absolute atomic E-state index is 6.07. The average molecular weight is 249 g/mol. The van der Waals surface area contributed by atoms with E-state index in [9.17, 15) is 0 Å². The van der Waals surface area contributed by atoms with Crippen LogP contribution in [0.4, 0.5) is 5.82 Å². The maximum atomic E-state index is 6.07. The third-order valence-electron chi connectivity index (χ3n) is 2.62. The molecule has 0 amide bonds. The van der Waals surface area contributed by atoms with E-state index < -0.39 is 0 Å². The van der Waals surface area contributed by atoms with E-state index in [2.05, 4.69) is 33.8 Å². The quantitative estimate of drug-likeness (QED) is 0.719. The highest BCUT2D eigenvalue weighted by molar-refractivity contribution is 7.18. The van der Waals surface area contributed by atoms with Gasteiger partial charge in [0.2, 0.25) is 0 Å². The zero-order chi connectivity index (χ0) is 11.3. The molecule has 0 aliphatic rings. The Morgan fingerprint density at radius 3 is 2.88 bits per heavy atom. The highest BCUT2D eigenvalue weighted by Crippen LogP contribution is 2.36. The molecule has 3 heterocycles. The third-order valence-corrected chi connectivity index (χ3v) is 4.45. The number of nitrogens with zero attached hydrogens (tertiary/aromatic N) is 2. The van der Waals surface area contributed by atoms with Gasteiger partial charge in [0.25, 0.3) is 0 Å². The average Bonchev–Trinajstić information content (AvgIpc) is 2.88. The minimum atomic E-state index is 0.753. The number of nitrogen functional groups attached to an aromatic ring is 1. The molecule has 3 nitrogen and oxygen atoms in total. The first kappa shape index (κ1) is 9.86. The van der Waals surface area contributed by atoms with Crippen LogP contribution in [0.25, 0.3) is 15.5 Å². The molecular formula is C11H11N3S2. The summed E-state index contributed by atoms with van der Waals surface area (Å²) < 4.78 is 2.06. The van der Waals surface area contributed by atoms with Crippen LogP contribution in [0.15, 0.2) is 17.5 Å². The van der Waals surface area contributed by atoms with Crippen LogP contribution in [-0.4, -0.2) is 9.38 Å². The van der Waals surface area contributed by atoms with Crippen molar-refractivity contribution >= 4 is 33.5 Å². The Balaban J connectivity index is 2.42. The van der Waals surface area contributed by atoms with Crippen LogP contribution in [0, 0.1) is 13.8 Å². The molecule has 0 unspecified atom stereocenters. The molecule has 0 spiro atoms. The van der Waals surface area contributed by atoms with Crippen LogP contribution >= 0.6 is 22.7 Å². The Morgan fingerprint density at radius 2 is 2.19 bits per heavy atom. The van der Waals surface area contributed by atoms with Crippen LogP contribution in [0.5, 0.6) is 0 Å². The molecule has 0 aromatic carbocycles. The second kappa shape index (κ2) is 3.33. The summed E-state index contributed by atoms with van der Waals surface area (Å²) in [6, 6.07) is 4.18. The number of thiophene rings is 1. The molecule has 0 fully saturated rings. The van der Waals surface area contributed by atoms with E-state index >= 15 is 0 Å². The van der Waals surface area contributed by atoms with Crippen LogP contribution < -0.4 is 5.73 Å². The minimum Gasteiger partial charge on any atom is -0.383 e. The molecule has 0 radical (unpaired) electrons. The van der Waals surface area contributed by atoms with E-state index in [1.165, 1.54) is 15.4 Å². The number of hydrogen-bond donors (Lipinski definition) is 1. The highest BCUT2D eigenvalue weighted by atomic mass is 32.1. The van der Waals surface area contributed by atoms with Crippen molar-refractivity contribution in [1.82, 2.24) is 9.38 Å². The van der Waals surface area contributed by atoms with Gasteiger partial charge in [0.15, 0.2) is 4.96 Å². The number of fused-ring (bicyclic) bond motifs is 1. The minimum absolute atomic E-state index is 0.753. The highest BCUT2D eigenvalue weighted by Gasteiger charge is 2.16. The second-order valence-corrected chi connectivity index (χ2v) is 5.81. The molecule has 0 bridgehead atoms. The second-order valence-electron chi connectivity index (χ2n) is 3.68. The molecule has 5 heteroatoms. The summed E-state index contributed by atoms with van der Waals surface area (Å²) in [7, 11) is 0. The van der Waals surface area contributed by atoms with Crippen LogP contribution in [0.1, 0.15) is 10.6 Å². The van der Waals surface area contributed by atoms with Gasteiger partial charge in [-0.2, -0.15) is 0 Å². The zero-order valence-corrected chi connectivity index (χ0v) is 10.7. The number of anilines is 1. The molecule has 0 aliphatic heterocycles. The fraction of sp³-hybridized carbons (Fsp3) is 0.182. The van der Waals surface area contributed by atoms with E-state index in [0.29, 0.717) is 0 Å². The zero-order valence-electron chi connectivity index (χ0n) is 9.02. The van der Waals surface area contributed by atoms with Gasteiger partial charge in [0, 0.05) is 4.88 Å². The fourth-order valence-electron chi connectivity index (χ4n) is 1.84. The predicted octanol–water partition coefficient (Wildman–Crippen LogP) is 3.32. The van der Waals surface area contributed by atoms with Crippen molar-refractivity contribution in [2.45, 2.75) is 13.8 Å². The van der Waals surface area contributed by atoms with Gasteiger partial charge >= 0.3 is 0 Å². The summed E-state index contributed by atoms with van der Waals surface area (Å²) in [6.07, 6.45) is 0. The third kappa shape index (κ3) is 1.22. The van der Waals surface area contributed by atoms with Crippen molar-refractivity contribution in [2.75, 3.05) is 5.73 Å². The van der Waals surface area contributed by atoms with Gasteiger partial charge < -0.3 is 5.73 Å². The number of thiazole rings is 1. The summed E-state index contributed by atoms with van der Waals surface area (Å²) in [5, 5.41) is 2.08. The topological polar surface area (TPSA) is 43.3 Å². The fourth-order valence-corrected chi connectivity index (χ4v) is 3.76. The number of imidazole rings is 1. The molecule has 3 aromatic heterocycles. The smallest absolute Gasteiger partial charge is 0.196 e. The van der Waals surface area contributed by atoms with Crippen LogP contribution in [-0.2, 0) is 0 Å². The van der Waals surface area contributed by atoms with Gasteiger partial charge in [-0.1, -0.05) is 6.07 Å². The normalized spacial score (nSPS) is 11.4. The number of aryl methyl sites for hydroxylation is 2. The summed E-state index contributed by atoms with van der Waals surface area (Å²) >= 11 is 3.42. The predicted molar refractivity (Wildman–Crippen MR) is 70.3 cm³/mol. The first-order chi connectivity index (χ1) is 7.68. The first-order valence-electron chi connectivity index (χ1n) is 4.96. The van der Waals surface area contributed by atoms with Crippen molar-refractivity contribution < 1.29 is 0 Å². The van der Waals surface area contributed by atoms with E-state index in [0.717, 1.165) is 16.5 Å². The monoisotopic (exact) mass is 249 g/mol. The van der Waals surface area contributed by atoms with E-state index in [-0.39, 0.29) is 0 Å². The Kier molecular flexibility index (Phi) is 2.05. The summed E-state index contributed by atoms with van der Waals surface area (Å²) in [4.78, 5) is 7.95. The van der Waals surface area contributed by atoms with E-state index in [1.807, 2.05) is 6.92 Å². The van der Waals surface area contributed by atoms with Gasteiger partial charge in [0.05, 0.1) is 16.3 Å². The van der Waals surface area contributed by atoms with Crippen molar-refractivity contribution in [3.63, 3.8) is 0 Å². The van der Waals surface area contributed by atoms with Gasteiger partial charge in [-0.15, -0.1) is 22.7 Å². The van der Waals surface area contributed by atoms with Gasteiger partial charge in [-0.05, 0) is 25.3 Å². The lowest BCUT2D eigenvalue weighted by molar-refractivity contribution is 1.23. The molecular weight excluding hydrogens is 238 g/mol. The van der Waals surface area contributed by atoms with Gasteiger partial charge in [-0.3, -0.25) is 4.40 Å². The van der Waals surface area contributed by atoms with Crippen molar-refractivity contribution in [2.24, 2.45) is 0 Å². The van der Waals surface area contributed by atoms with Crippen LogP contribution in [0.3, 0.4) is 0 Å². The van der Waals surface area contributed by atoms with E-state index in [1.54, 1.807) is 22.7 Å². The summed E-state index contributed by atoms with van der Waals surface area (Å²) in [5.41, 5.74) is 8.16. The van der Waals surface area contributed by atoms with Crippen LogP contribution in [0.2, 0.25) is 0 Å². The molecule has 16 heavy (non-hydrogen) atoms. The molecule has 0 aliphatic carbocycles. The Morgan fingerprint density at radius 1 is 1.38 bits per heavy atom. The number of nitrogens with two attached hydrogens (primary N) is 1. The van der Waals surface area contributed by atoms with Gasteiger partial charge in [0.1, 0.15) is 5.82 Å². The van der Waals surface area contributed by atoms with Gasteiger partial charge in [-0.25, -0.2) is 4.98 Å².